The fraction of sp³-hybridized carbons (Fsp3) is 0.167. The Bertz CT molecular complexity index is 279. The molecule has 4 heteroatoms. The molecule has 0 amide bonds. The van der Waals surface area contributed by atoms with Gasteiger partial charge in [0.05, 0.1) is 5.51 Å². The Morgan fingerprint density at radius 1 is 1.70 bits per heavy atom. The smallest absolute Gasteiger partial charge is 0.202 e. The van der Waals surface area contributed by atoms with Gasteiger partial charge in [-0.2, -0.15) is 0 Å². The third-order valence-corrected chi connectivity index (χ3v) is 1.97. The Hall–Kier alpha value is -1.03. The Morgan fingerprint density at radius 2 is 2.60 bits per heavy atom. The molecule has 0 spiro atoms. The van der Waals surface area contributed by atoms with E-state index in [0.29, 0.717) is 0 Å². The molecule has 0 saturated heterocycles. The number of thiazole rings is 1. The molecule has 0 aliphatic carbocycles. The molecule has 0 saturated carbocycles. The quantitative estimate of drug-likeness (QED) is 0.616. The van der Waals surface area contributed by atoms with Crippen LogP contribution in [0.2, 0.25) is 0 Å². The van der Waals surface area contributed by atoms with E-state index < -0.39 is 0 Å². The van der Waals surface area contributed by atoms with Crippen LogP contribution in [-0.2, 0) is 0 Å². The lowest BCUT2D eigenvalue weighted by molar-refractivity contribution is 0.272. The monoisotopic (exact) mass is 155 g/mol. The highest BCUT2D eigenvalue weighted by Gasteiger charge is 2.11. The second-order valence-electron chi connectivity index (χ2n) is 1.95. The Morgan fingerprint density at radius 3 is 3.50 bits per heavy atom. The minimum absolute atomic E-state index is 0.235. The van der Waals surface area contributed by atoms with Gasteiger partial charge in [-0.1, -0.05) is 11.3 Å². The Labute approximate surface area is 61.6 Å². The lowest BCUT2D eigenvalue weighted by Crippen LogP contribution is -2.04. The molecule has 1 N–H and O–H groups in total. The van der Waals surface area contributed by atoms with Crippen molar-refractivity contribution in [2.45, 2.75) is 0 Å². The van der Waals surface area contributed by atoms with Crippen LogP contribution in [0.15, 0.2) is 11.3 Å². The minimum Gasteiger partial charge on any atom is -0.509 e. The first-order chi connectivity index (χ1) is 4.86. The summed E-state index contributed by atoms with van der Waals surface area (Å²) >= 11 is 1.44. The lowest BCUT2D eigenvalue weighted by Gasteiger charge is -2.07. The van der Waals surface area contributed by atoms with Gasteiger partial charge in [0.1, 0.15) is 18.1 Å². The van der Waals surface area contributed by atoms with Gasteiger partial charge < -0.3 is 9.84 Å². The summed E-state index contributed by atoms with van der Waals surface area (Å²) in [5.41, 5.74) is 2.42. The lowest BCUT2D eigenvalue weighted by atomic mass is 10.3. The van der Waals surface area contributed by atoms with Crippen LogP contribution in [0.1, 0.15) is 5.69 Å². The third kappa shape index (κ3) is 0.769. The molecular weight excluding hydrogens is 150 g/mol. The van der Waals surface area contributed by atoms with Crippen molar-refractivity contribution >= 4 is 17.4 Å². The molecule has 0 bridgehead atoms. The molecule has 1 aromatic heterocycles. The van der Waals surface area contributed by atoms with Crippen LogP contribution in [0.25, 0.3) is 6.08 Å². The molecule has 0 unspecified atom stereocenters. The molecule has 0 atom stereocenters. The highest BCUT2D eigenvalue weighted by molar-refractivity contribution is 7.11. The second-order valence-corrected chi connectivity index (χ2v) is 2.77. The molecule has 0 radical (unpaired) electrons. The predicted octanol–water partition coefficient (Wildman–Crippen LogP) is 1.43. The van der Waals surface area contributed by atoms with Crippen LogP contribution in [0.3, 0.4) is 0 Å². The van der Waals surface area contributed by atoms with Gasteiger partial charge in [0, 0.05) is 6.08 Å². The van der Waals surface area contributed by atoms with E-state index in [1.54, 1.807) is 11.6 Å². The molecule has 1 aliphatic rings. The van der Waals surface area contributed by atoms with Crippen LogP contribution in [0, 0.1) is 0 Å². The highest BCUT2D eigenvalue weighted by Crippen LogP contribution is 2.28. The SMILES string of the molecule is OC1=Cc2ncsc2OC1. The number of hydrogen-bond acceptors (Lipinski definition) is 4. The first-order valence-electron chi connectivity index (χ1n) is 2.82. The predicted molar refractivity (Wildman–Crippen MR) is 38.2 cm³/mol. The molecule has 2 rings (SSSR count). The summed E-state index contributed by atoms with van der Waals surface area (Å²) < 4.78 is 5.11. The number of hydrogen-bond donors (Lipinski definition) is 1. The molecule has 52 valence electrons. The van der Waals surface area contributed by atoms with E-state index in [2.05, 4.69) is 4.98 Å². The maximum Gasteiger partial charge on any atom is 0.202 e. The van der Waals surface area contributed by atoms with Gasteiger partial charge in [0.15, 0.2) is 0 Å². The number of nitrogens with zero attached hydrogens (tertiary/aromatic N) is 1. The van der Waals surface area contributed by atoms with Gasteiger partial charge in [-0.05, 0) is 0 Å². The van der Waals surface area contributed by atoms with E-state index in [9.17, 15) is 0 Å². The topological polar surface area (TPSA) is 42.4 Å². The van der Waals surface area contributed by atoms with Gasteiger partial charge >= 0.3 is 0 Å². The van der Waals surface area contributed by atoms with Gasteiger partial charge in [0.25, 0.3) is 0 Å². The first kappa shape index (κ1) is 5.73. The van der Waals surface area contributed by atoms with Crippen LogP contribution in [0.5, 0.6) is 5.06 Å². The number of aromatic nitrogens is 1. The first-order valence-corrected chi connectivity index (χ1v) is 3.70. The summed E-state index contributed by atoms with van der Waals surface area (Å²) in [6.07, 6.45) is 1.62. The van der Waals surface area contributed by atoms with Gasteiger partial charge in [-0.3, -0.25) is 0 Å². The number of ether oxygens (including phenoxy) is 1. The number of fused-ring (bicyclic) bond motifs is 1. The van der Waals surface area contributed by atoms with E-state index in [1.165, 1.54) is 11.3 Å². The van der Waals surface area contributed by atoms with Crippen LogP contribution < -0.4 is 4.74 Å². The zero-order valence-electron chi connectivity index (χ0n) is 5.07. The van der Waals surface area contributed by atoms with Crippen LogP contribution in [-0.4, -0.2) is 16.7 Å². The van der Waals surface area contributed by atoms with Crippen molar-refractivity contribution in [2.24, 2.45) is 0 Å². The fourth-order valence-electron chi connectivity index (χ4n) is 0.787. The van der Waals surface area contributed by atoms with Crippen molar-refractivity contribution in [2.75, 3.05) is 6.61 Å². The summed E-state index contributed by atoms with van der Waals surface area (Å²) in [6, 6.07) is 0. The summed E-state index contributed by atoms with van der Waals surface area (Å²) in [7, 11) is 0. The number of aliphatic hydroxyl groups is 1. The molecule has 2 heterocycles. The Kier molecular flexibility index (Phi) is 1.14. The molecule has 3 nitrogen and oxygen atoms in total. The van der Waals surface area contributed by atoms with E-state index in [1.807, 2.05) is 0 Å². The standard InChI is InChI=1S/C6H5NO2S/c8-4-1-5-6(9-2-4)10-3-7-5/h1,3,8H,2H2. The van der Waals surface area contributed by atoms with Crippen molar-refractivity contribution in [1.29, 1.82) is 0 Å². The van der Waals surface area contributed by atoms with E-state index in [0.717, 1.165) is 10.8 Å². The molecule has 10 heavy (non-hydrogen) atoms. The average molecular weight is 155 g/mol. The van der Waals surface area contributed by atoms with Crippen molar-refractivity contribution in [3.63, 3.8) is 0 Å². The van der Waals surface area contributed by atoms with Crippen molar-refractivity contribution in [3.05, 3.63) is 17.0 Å². The maximum absolute atomic E-state index is 8.98. The van der Waals surface area contributed by atoms with Crippen molar-refractivity contribution in [1.82, 2.24) is 4.98 Å². The van der Waals surface area contributed by atoms with Gasteiger partial charge in [-0.15, -0.1) is 0 Å². The normalized spacial score (nSPS) is 15.4. The molecule has 0 aromatic carbocycles. The van der Waals surface area contributed by atoms with Crippen LogP contribution in [0.4, 0.5) is 0 Å². The van der Waals surface area contributed by atoms with E-state index >= 15 is 0 Å². The maximum atomic E-state index is 8.98. The van der Waals surface area contributed by atoms with Crippen molar-refractivity contribution in [3.8, 4) is 5.06 Å². The van der Waals surface area contributed by atoms with Gasteiger partial charge in [-0.25, -0.2) is 4.98 Å². The minimum atomic E-state index is 0.235. The second kappa shape index (κ2) is 1.98. The summed E-state index contributed by atoms with van der Waals surface area (Å²) in [6.45, 7) is 0.273. The zero-order chi connectivity index (χ0) is 6.97. The molecule has 0 fully saturated rings. The zero-order valence-corrected chi connectivity index (χ0v) is 5.89. The van der Waals surface area contributed by atoms with Crippen molar-refractivity contribution < 1.29 is 9.84 Å². The van der Waals surface area contributed by atoms with E-state index in [4.69, 9.17) is 9.84 Å². The van der Waals surface area contributed by atoms with Gasteiger partial charge in [0.2, 0.25) is 5.06 Å². The Balaban J connectivity index is 2.50. The number of aliphatic hydroxyl groups excluding tert-OH is 1. The summed E-state index contributed by atoms with van der Waals surface area (Å²) in [5, 5.41) is 9.76. The molecular formula is C6H5NO2S. The molecule has 1 aromatic rings. The van der Waals surface area contributed by atoms with Crippen LogP contribution >= 0.6 is 11.3 Å². The summed E-state index contributed by atoms with van der Waals surface area (Å²) in [4.78, 5) is 3.96. The molecule has 1 aliphatic heterocycles. The largest absolute Gasteiger partial charge is 0.509 e. The highest BCUT2D eigenvalue weighted by atomic mass is 32.1. The number of rotatable bonds is 0. The summed E-state index contributed by atoms with van der Waals surface area (Å²) in [5.74, 6) is 0.235. The third-order valence-electron chi connectivity index (χ3n) is 1.22. The van der Waals surface area contributed by atoms with E-state index in [-0.39, 0.29) is 12.4 Å². The average Bonchev–Trinajstić information content (AvgIpc) is 2.33. The fourth-order valence-corrected chi connectivity index (χ4v) is 1.41.